The first-order chi connectivity index (χ1) is 12.1. The van der Waals surface area contributed by atoms with Crippen LogP contribution < -0.4 is 0 Å². The Kier molecular flexibility index (Phi) is 5.40. The number of alkyl halides is 1. The number of aryl methyl sites for hydroxylation is 1. The van der Waals surface area contributed by atoms with Crippen LogP contribution in [0.4, 0.5) is 4.39 Å². The Hall–Kier alpha value is -2.32. The maximum absolute atomic E-state index is 14.7. The number of benzene rings is 1. The van der Waals surface area contributed by atoms with Crippen molar-refractivity contribution >= 4 is 26.8 Å². The number of pyridine rings is 2. The summed E-state index contributed by atoms with van der Waals surface area (Å²) >= 11 is 3.46. The fraction of sp³-hybridized carbons (Fsp3) is 0.250. The first-order valence-corrected chi connectivity index (χ1v) is 9.24. The van der Waals surface area contributed by atoms with Gasteiger partial charge in [0.1, 0.15) is 11.3 Å². The van der Waals surface area contributed by atoms with E-state index in [0.29, 0.717) is 22.4 Å². The molecule has 0 aliphatic rings. The van der Waals surface area contributed by atoms with Crippen molar-refractivity contribution in [3.63, 3.8) is 0 Å². The van der Waals surface area contributed by atoms with Crippen molar-refractivity contribution in [2.45, 2.75) is 19.8 Å². The van der Waals surface area contributed by atoms with Crippen molar-refractivity contribution in [1.29, 1.82) is 5.26 Å². The van der Waals surface area contributed by atoms with Crippen molar-refractivity contribution in [2.24, 2.45) is 5.92 Å². The van der Waals surface area contributed by atoms with Crippen molar-refractivity contribution in [1.82, 2.24) is 9.97 Å². The molecule has 2 aromatic heterocycles. The minimum atomic E-state index is -0.406. The molecule has 0 N–H and O–H groups in total. The van der Waals surface area contributed by atoms with Gasteiger partial charge in [-0.3, -0.25) is 4.98 Å². The van der Waals surface area contributed by atoms with Crippen LogP contribution in [0.15, 0.2) is 42.7 Å². The van der Waals surface area contributed by atoms with Gasteiger partial charge in [0.15, 0.2) is 0 Å². The molecular formula is C20H17BrFN3. The quantitative estimate of drug-likeness (QED) is 0.550. The van der Waals surface area contributed by atoms with Gasteiger partial charge in [0.05, 0.1) is 11.6 Å². The monoisotopic (exact) mass is 397 g/mol. The van der Waals surface area contributed by atoms with Crippen molar-refractivity contribution in [3.05, 3.63) is 59.8 Å². The molecule has 0 amide bonds. The van der Waals surface area contributed by atoms with Gasteiger partial charge in [-0.25, -0.2) is 9.37 Å². The van der Waals surface area contributed by atoms with Gasteiger partial charge in [0, 0.05) is 28.8 Å². The van der Waals surface area contributed by atoms with Gasteiger partial charge < -0.3 is 0 Å². The normalized spacial score (nSPS) is 12.1. The molecule has 1 atom stereocenters. The standard InChI is InChI=1S/C20H17BrFN3/c1-13(11-21)2-3-17-8-16(12-23)18-9-15(10-19(22)20(18)25-17)14-4-6-24-7-5-14/h4-10,13H,2-3,11H2,1H3. The molecule has 0 radical (unpaired) electrons. The number of hydrogen-bond donors (Lipinski definition) is 0. The SMILES string of the molecule is CC(CBr)CCc1cc(C#N)c2cc(-c3ccncc3)cc(F)c2n1. The van der Waals surface area contributed by atoms with E-state index in [1.54, 1.807) is 18.5 Å². The van der Waals surface area contributed by atoms with Crippen LogP contribution in [0.1, 0.15) is 24.6 Å². The summed E-state index contributed by atoms with van der Waals surface area (Å²) in [4.78, 5) is 8.45. The Labute approximate surface area is 154 Å². The van der Waals surface area contributed by atoms with Gasteiger partial charge in [0.2, 0.25) is 0 Å². The van der Waals surface area contributed by atoms with Crippen LogP contribution >= 0.6 is 15.9 Å². The summed E-state index contributed by atoms with van der Waals surface area (Å²) in [5.41, 5.74) is 3.05. The van der Waals surface area contributed by atoms with E-state index in [-0.39, 0.29) is 5.52 Å². The molecule has 2 heterocycles. The van der Waals surface area contributed by atoms with E-state index < -0.39 is 5.82 Å². The molecule has 3 aromatic rings. The van der Waals surface area contributed by atoms with Crippen LogP contribution in [0.5, 0.6) is 0 Å². The highest BCUT2D eigenvalue weighted by atomic mass is 79.9. The van der Waals surface area contributed by atoms with Gasteiger partial charge in [-0.1, -0.05) is 22.9 Å². The van der Waals surface area contributed by atoms with E-state index in [9.17, 15) is 9.65 Å². The second-order valence-electron chi connectivity index (χ2n) is 6.16. The lowest BCUT2D eigenvalue weighted by atomic mass is 9.99. The summed E-state index contributed by atoms with van der Waals surface area (Å²) in [5, 5.41) is 11.0. The average molecular weight is 398 g/mol. The number of halogens is 2. The summed E-state index contributed by atoms with van der Waals surface area (Å²) in [7, 11) is 0. The van der Waals surface area contributed by atoms with Gasteiger partial charge in [-0.2, -0.15) is 5.26 Å². The first-order valence-electron chi connectivity index (χ1n) is 8.12. The molecule has 0 bridgehead atoms. The first kappa shape index (κ1) is 17.5. The van der Waals surface area contributed by atoms with Crippen molar-refractivity contribution in [3.8, 4) is 17.2 Å². The summed E-state index contributed by atoms with van der Waals surface area (Å²) in [6.45, 7) is 2.14. The minimum Gasteiger partial charge on any atom is -0.265 e. The third-order valence-electron chi connectivity index (χ3n) is 4.21. The lowest BCUT2D eigenvalue weighted by Gasteiger charge is -2.10. The average Bonchev–Trinajstić information content (AvgIpc) is 2.66. The van der Waals surface area contributed by atoms with Crippen LogP contribution in [0.3, 0.4) is 0 Å². The molecule has 0 fully saturated rings. The van der Waals surface area contributed by atoms with Gasteiger partial charge in [0.25, 0.3) is 0 Å². The summed E-state index contributed by atoms with van der Waals surface area (Å²) in [5.74, 6) is 0.0955. The molecule has 5 heteroatoms. The highest BCUT2D eigenvalue weighted by molar-refractivity contribution is 9.09. The van der Waals surface area contributed by atoms with Crippen LogP contribution in [-0.2, 0) is 6.42 Å². The minimum absolute atomic E-state index is 0.262. The Balaban J connectivity index is 2.08. The van der Waals surface area contributed by atoms with Crippen LogP contribution in [0.25, 0.3) is 22.0 Å². The van der Waals surface area contributed by atoms with Gasteiger partial charge >= 0.3 is 0 Å². The molecule has 0 aliphatic carbocycles. The van der Waals surface area contributed by atoms with Gasteiger partial charge in [-0.15, -0.1) is 0 Å². The molecule has 0 saturated heterocycles. The maximum Gasteiger partial charge on any atom is 0.150 e. The fourth-order valence-electron chi connectivity index (χ4n) is 2.74. The molecule has 3 rings (SSSR count). The van der Waals surface area contributed by atoms with Crippen LogP contribution in [-0.4, -0.2) is 15.3 Å². The summed E-state index contributed by atoms with van der Waals surface area (Å²) in [6.07, 6.45) is 4.98. The maximum atomic E-state index is 14.7. The number of nitriles is 1. The molecule has 0 aliphatic heterocycles. The predicted molar refractivity (Wildman–Crippen MR) is 101 cm³/mol. The van der Waals surface area contributed by atoms with Crippen molar-refractivity contribution < 1.29 is 4.39 Å². The summed E-state index contributed by atoms with van der Waals surface area (Å²) < 4.78 is 14.7. The number of aromatic nitrogens is 2. The third kappa shape index (κ3) is 3.85. The number of fused-ring (bicyclic) bond motifs is 1. The van der Waals surface area contributed by atoms with E-state index in [0.717, 1.165) is 29.4 Å². The highest BCUT2D eigenvalue weighted by Crippen LogP contribution is 2.28. The Morgan fingerprint density at radius 2 is 1.96 bits per heavy atom. The predicted octanol–water partition coefficient (Wildman–Crippen LogP) is 5.27. The molecule has 1 unspecified atom stereocenters. The Bertz CT molecular complexity index is 935. The second kappa shape index (κ2) is 7.71. The molecule has 3 nitrogen and oxygen atoms in total. The zero-order valence-corrected chi connectivity index (χ0v) is 15.4. The van der Waals surface area contributed by atoms with E-state index in [4.69, 9.17) is 0 Å². The topological polar surface area (TPSA) is 49.6 Å². The second-order valence-corrected chi connectivity index (χ2v) is 6.81. The molecular weight excluding hydrogens is 381 g/mol. The van der Waals surface area contributed by atoms with E-state index in [1.165, 1.54) is 6.07 Å². The Morgan fingerprint density at radius 1 is 1.20 bits per heavy atom. The smallest absolute Gasteiger partial charge is 0.150 e. The van der Waals surface area contributed by atoms with E-state index >= 15 is 0 Å². The molecule has 1 aromatic carbocycles. The number of rotatable bonds is 5. The molecule has 25 heavy (non-hydrogen) atoms. The van der Waals surface area contributed by atoms with Crippen molar-refractivity contribution in [2.75, 3.05) is 5.33 Å². The zero-order valence-electron chi connectivity index (χ0n) is 13.8. The fourth-order valence-corrected chi connectivity index (χ4v) is 3.07. The third-order valence-corrected chi connectivity index (χ3v) is 5.32. The highest BCUT2D eigenvalue weighted by Gasteiger charge is 2.13. The molecule has 0 saturated carbocycles. The molecule has 126 valence electrons. The zero-order chi connectivity index (χ0) is 17.8. The van der Waals surface area contributed by atoms with E-state index in [2.05, 4.69) is 38.9 Å². The Morgan fingerprint density at radius 3 is 2.64 bits per heavy atom. The van der Waals surface area contributed by atoms with Crippen LogP contribution in [0, 0.1) is 23.1 Å². The molecule has 0 spiro atoms. The lowest BCUT2D eigenvalue weighted by Crippen LogP contribution is -2.01. The number of hydrogen-bond acceptors (Lipinski definition) is 3. The van der Waals surface area contributed by atoms with Crippen LogP contribution in [0.2, 0.25) is 0 Å². The van der Waals surface area contributed by atoms with E-state index in [1.807, 2.05) is 18.2 Å². The summed E-state index contributed by atoms with van der Waals surface area (Å²) in [6, 6.07) is 10.9. The number of nitrogens with zero attached hydrogens (tertiary/aromatic N) is 3. The van der Waals surface area contributed by atoms with Gasteiger partial charge in [-0.05, 0) is 60.2 Å². The lowest BCUT2D eigenvalue weighted by molar-refractivity contribution is 0.593. The largest absolute Gasteiger partial charge is 0.265 e.